The zero-order valence-electron chi connectivity index (χ0n) is 12.5. The molecule has 2 unspecified atom stereocenters. The van der Waals surface area contributed by atoms with Crippen LogP contribution >= 0.6 is 0 Å². The number of benzene rings is 1. The molecular weight excluding hydrogens is 301 g/mol. The highest BCUT2D eigenvalue weighted by atomic mass is 19.1. The van der Waals surface area contributed by atoms with Gasteiger partial charge in [-0.15, -0.1) is 0 Å². The van der Waals surface area contributed by atoms with Gasteiger partial charge < -0.3 is 15.0 Å². The van der Waals surface area contributed by atoms with Crippen LogP contribution in [0.4, 0.5) is 15.8 Å². The van der Waals surface area contributed by atoms with Crippen LogP contribution in [0.15, 0.2) is 18.2 Å². The van der Waals surface area contributed by atoms with E-state index in [1.54, 1.807) is 12.1 Å². The largest absolute Gasteiger partial charge is 0.374 e. The number of aldehydes is 1. The van der Waals surface area contributed by atoms with Crippen LogP contribution in [0.5, 0.6) is 0 Å². The molecule has 7 heteroatoms. The van der Waals surface area contributed by atoms with Crippen LogP contribution in [0.1, 0.15) is 19.3 Å². The van der Waals surface area contributed by atoms with E-state index in [1.165, 1.54) is 6.07 Å². The molecule has 2 heterocycles. The van der Waals surface area contributed by atoms with Crippen LogP contribution in [0.2, 0.25) is 0 Å². The van der Waals surface area contributed by atoms with Crippen LogP contribution in [-0.4, -0.2) is 37.2 Å². The highest BCUT2D eigenvalue weighted by Gasteiger charge is 2.27. The zero-order valence-corrected chi connectivity index (χ0v) is 12.5. The predicted molar refractivity (Wildman–Crippen MR) is 82.6 cm³/mol. The SMILES string of the molecule is O=CC1CCN(c2ccc(NC3CCC(=O)NC3=O)cc2F)C1. The summed E-state index contributed by atoms with van der Waals surface area (Å²) < 4.78 is 14.3. The maximum Gasteiger partial charge on any atom is 0.249 e. The van der Waals surface area contributed by atoms with Gasteiger partial charge in [-0.3, -0.25) is 14.9 Å². The van der Waals surface area contributed by atoms with Gasteiger partial charge in [0.15, 0.2) is 0 Å². The Morgan fingerprint density at radius 1 is 1.30 bits per heavy atom. The lowest BCUT2D eigenvalue weighted by atomic mass is 10.1. The number of carbonyl (C=O) groups excluding carboxylic acids is 3. The normalized spacial score (nSPS) is 24.5. The van der Waals surface area contributed by atoms with Gasteiger partial charge >= 0.3 is 0 Å². The van der Waals surface area contributed by atoms with Gasteiger partial charge in [-0.25, -0.2) is 4.39 Å². The molecular formula is C16H18FN3O3. The van der Waals surface area contributed by atoms with E-state index in [0.717, 1.165) is 12.7 Å². The molecule has 0 aromatic heterocycles. The lowest BCUT2D eigenvalue weighted by Gasteiger charge is -2.24. The second-order valence-corrected chi connectivity index (χ2v) is 5.95. The molecule has 2 fully saturated rings. The molecule has 2 aliphatic rings. The number of anilines is 2. The molecule has 0 saturated carbocycles. The summed E-state index contributed by atoms with van der Waals surface area (Å²) in [7, 11) is 0. The number of hydrogen-bond donors (Lipinski definition) is 2. The van der Waals surface area contributed by atoms with E-state index >= 15 is 0 Å². The summed E-state index contributed by atoms with van der Waals surface area (Å²) >= 11 is 0. The maximum atomic E-state index is 14.3. The number of nitrogens with zero attached hydrogens (tertiary/aromatic N) is 1. The quantitative estimate of drug-likeness (QED) is 0.641. The first-order valence-corrected chi connectivity index (χ1v) is 7.67. The van der Waals surface area contributed by atoms with Crippen molar-refractivity contribution in [3.63, 3.8) is 0 Å². The molecule has 3 rings (SSSR count). The lowest BCUT2D eigenvalue weighted by Crippen LogP contribution is -2.47. The van der Waals surface area contributed by atoms with Crippen molar-refractivity contribution >= 4 is 29.5 Å². The van der Waals surface area contributed by atoms with Gasteiger partial charge in [-0.1, -0.05) is 0 Å². The van der Waals surface area contributed by atoms with Crippen LogP contribution < -0.4 is 15.5 Å². The van der Waals surface area contributed by atoms with Gasteiger partial charge in [-0.05, 0) is 31.0 Å². The van der Waals surface area contributed by atoms with Gasteiger partial charge in [0.1, 0.15) is 18.1 Å². The summed E-state index contributed by atoms with van der Waals surface area (Å²) in [5, 5.41) is 5.21. The molecule has 2 saturated heterocycles. The van der Waals surface area contributed by atoms with Crippen molar-refractivity contribution in [2.75, 3.05) is 23.3 Å². The van der Waals surface area contributed by atoms with Crippen molar-refractivity contribution in [2.45, 2.75) is 25.3 Å². The summed E-state index contributed by atoms with van der Waals surface area (Å²) in [6.07, 6.45) is 2.31. The number of imide groups is 1. The fourth-order valence-electron chi connectivity index (χ4n) is 3.00. The molecule has 1 aromatic carbocycles. The number of hydrogen-bond acceptors (Lipinski definition) is 5. The van der Waals surface area contributed by atoms with Crippen LogP contribution in [0, 0.1) is 11.7 Å². The predicted octanol–water partition coefficient (Wildman–Crippen LogP) is 1.07. The molecule has 23 heavy (non-hydrogen) atoms. The Morgan fingerprint density at radius 3 is 2.78 bits per heavy atom. The van der Waals surface area contributed by atoms with Crippen molar-refractivity contribution in [1.29, 1.82) is 0 Å². The Hall–Kier alpha value is -2.44. The minimum absolute atomic E-state index is 0.0457. The van der Waals surface area contributed by atoms with Gasteiger partial charge in [0, 0.05) is 31.1 Å². The number of piperidine rings is 1. The summed E-state index contributed by atoms with van der Waals surface area (Å²) in [6, 6.07) is 4.16. The summed E-state index contributed by atoms with van der Waals surface area (Å²) in [4.78, 5) is 35.5. The standard InChI is InChI=1S/C16H18FN3O3/c17-12-7-11(18-13-2-4-15(22)19-16(13)23)1-3-14(12)20-6-5-10(8-20)9-21/h1,3,7,9-10,13,18H,2,4-6,8H2,(H,19,22,23). The minimum Gasteiger partial charge on any atom is -0.374 e. The van der Waals surface area contributed by atoms with E-state index in [9.17, 15) is 18.8 Å². The highest BCUT2D eigenvalue weighted by molar-refractivity contribution is 6.01. The van der Waals surface area contributed by atoms with Gasteiger partial charge in [-0.2, -0.15) is 0 Å². The molecule has 6 nitrogen and oxygen atoms in total. The zero-order chi connectivity index (χ0) is 16.4. The van der Waals surface area contributed by atoms with Crippen molar-refractivity contribution < 1.29 is 18.8 Å². The molecule has 2 amide bonds. The fraction of sp³-hybridized carbons (Fsp3) is 0.438. The second-order valence-electron chi connectivity index (χ2n) is 5.95. The van der Waals surface area contributed by atoms with Crippen LogP contribution in [0.25, 0.3) is 0 Å². The number of rotatable bonds is 4. The van der Waals surface area contributed by atoms with Crippen molar-refractivity contribution in [2.24, 2.45) is 5.92 Å². The van der Waals surface area contributed by atoms with E-state index in [-0.39, 0.29) is 24.2 Å². The molecule has 1 aromatic rings. The van der Waals surface area contributed by atoms with E-state index in [1.807, 2.05) is 4.90 Å². The van der Waals surface area contributed by atoms with E-state index < -0.39 is 11.9 Å². The highest BCUT2D eigenvalue weighted by Crippen LogP contribution is 2.28. The molecule has 0 radical (unpaired) electrons. The third kappa shape index (κ3) is 3.33. The lowest BCUT2D eigenvalue weighted by molar-refractivity contribution is -0.133. The van der Waals surface area contributed by atoms with E-state index in [2.05, 4.69) is 10.6 Å². The Balaban J connectivity index is 1.68. The first kappa shape index (κ1) is 15.5. The van der Waals surface area contributed by atoms with Crippen molar-refractivity contribution in [1.82, 2.24) is 5.32 Å². The van der Waals surface area contributed by atoms with E-state index in [4.69, 9.17) is 0 Å². The average Bonchev–Trinajstić information content (AvgIpc) is 2.99. The Bertz CT molecular complexity index is 649. The molecule has 2 aliphatic heterocycles. The van der Waals surface area contributed by atoms with Gasteiger partial charge in [0.2, 0.25) is 11.8 Å². The van der Waals surface area contributed by atoms with Gasteiger partial charge in [0.05, 0.1) is 5.69 Å². The summed E-state index contributed by atoms with van der Waals surface area (Å²) in [6.45, 7) is 1.18. The first-order chi connectivity index (χ1) is 11.1. The van der Waals surface area contributed by atoms with Crippen LogP contribution in [-0.2, 0) is 14.4 Å². The molecule has 2 N–H and O–H groups in total. The molecule has 0 spiro atoms. The number of halogens is 1. The Kier molecular flexibility index (Phi) is 4.27. The van der Waals surface area contributed by atoms with E-state index in [0.29, 0.717) is 30.9 Å². The van der Waals surface area contributed by atoms with Crippen LogP contribution in [0.3, 0.4) is 0 Å². The average molecular weight is 319 g/mol. The fourth-order valence-corrected chi connectivity index (χ4v) is 3.00. The third-order valence-electron chi connectivity index (χ3n) is 4.29. The van der Waals surface area contributed by atoms with Crippen molar-refractivity contribution in [3.05, 3.63) is 24.0 Å². The summed E-state index contributed by atoms with van der Waals surface area (Å²) in [5.41, 5.74) is 0.954. The third-order valence-corrected chi connectivity index (χ3v) is 4.29. The number of nitrogens with one attached hydrogen (secondary N) is 2. The smallest absolute Gasteiger partial charge is 0.249 e. The Morgan fingerprint density at radius 2 is 2.13 bits per heavy atom. The monoisotopic (exact) mass is 319 g/mol. The summed E-state index contributed by atoms with van der Waals surface area (Å²) in [5.74, 6) is -1.11. The second kappa shape index (κ2) is 6.36. The molecule has 0 bridgehead atoms. The maximum absolute atomic E-state index is 14.3. The molecule has 122 valence electrons. The Labute approximate surface area is 133 Å². The minimum atomic E-state index is -0.538. The first-order valence-electron chi connectivity index (χ1n) is 7.67. The molecule has 2 atom stereocenters. The topological polar surface area (TPSA) is 78.5 Å². The molecule has 0 aliphatic carbocycles. The number of carbonyl (C=O) groups is 3. The number of amides is 2. The van der Waals surface area contributed by atoms with Crippen molar-refractivity contribution in [3.8, 4) is 0 Å². The van der Waals surface area contributed by atoms with Gasteiger partial charge in [0.25, 0.3) is 0 Å².